The summed E-state index contributed by atoms with van der Waals surface area (Å²) < 4.78 is 13.0. The molecule has 0 radical (unpaired) electrons. The number of halogens is 1. The van der Waals surface area contributed by atoms with E-state index in [-0.39, 0.29) is 11.8 Å². The standard InChI is InChI=1S/C15H22FN3O/c1-2-19-8-4-7-14(19)11-18-15(20)17-10-12-5-3-6-13(16)9-12/h3,5-6,9,14H,2,4,7-8,10-11H2,1H3,(H2,17,18,20). The van der Waals surface area contributed by atoms with Crippen molar-refractivity contribution in [1.29, 1.82) is 0 Å². The largest absolute Gasteiger partial charge is 0.337 e. The topological polar surface area (TPSA) is 44.4 Å². The lowest BCUT2D eigenvalue weighted by molar-refractivity contribution is 0.228. The molecule has 1 aromatic rings. The third kappa shape index (κ3) is 4.20. The average Bonchev–Trinajstić information content (AvgIpc) is 2.90. The number of amides is 2. The first-order valence-corrected chi connectivity index (χ1v) is 7.19. The summed E-state index contributed by atoms with van der Waals surface area (Å²) in [6.07, 6.45) is 2.34. The monoisotopic (exact) mass is 279 g/mol. The number of rotatable bonds is 5. The van der Waals surface area contributed by atoms with Crippen LogP contribution < -0.4 is 10.6 Å². The van der Waals surface area contributed by atoms with Crippen LogP contribution in [0.3, 0.4) is 0 Å². The Labute approximate surface area is 119 Å². The maximum absolute atomic E-state index is 13.0. The highest BCUT2D eigenvalue weighted by molar-refractivity contribution is 5.73. The maximum Gasteiger partial charge on any atom is 0.315 e. The molecule has 1 fully saturated rings. The quantitative estimate of drug-likeness (QED) is 0.867. The van der Waals surface area contributed by atoms with E-state index in [4.69, 9.17) is 0 Å². The Morgan fingerprint density at radius 1 is 1.45 bits per heavy atom. The van der Waals surface area contributed by atoms with Crippen LogP contribution in [0.5, 0.6) is 0 Å². The van der Waals surface area contributed by atoms with Crippen molar-refractivity contribution < 1.29 is 9.18 Å². The lowest BCUT2D eigenvalue weighted by Gasteiger charge is -2.22. The van der Waals surface area contributed by atoms with E-state index in [1.807, 2.05) is 0 Å². The van der Waals surface area contributed by atoms with Crippen molar-refractivity contribution in [2.75, 3.05) is 19.6 Å². The zero-order valence-corrected chi connectivity index (χ0v) is 11.9. The third-order valence-electron chi connectivity index (χ3n) is 3.75. The predicted octanol–water partition coefficient (Wildman–Crippen LogP) is 2.11. The lowest BCUT2D eigenvalue weighted by Crippen LogP contribution is -2.43. The fraction of sp³-hybridized carbons (Fsp3) is 0.533. The van der Waals surface area contributed by atoms with Crippen LogP contribution >= 0.6 is 0 Å². The van der Waals surface area contributed by atoms with Crippen LogP contribution in [0.15, 0.2) is 24.3 Å². The minimum Gasteiger partial charge on any atom is -0.337 e. The van der Waals surface area contributed by atoms with Crippen molar-refractivity contribution in [3.8, 4) is 0 Å². The summed E-state index contributed by atoms with van der Waals surface area (Å²) in [7, 11) is 0. The minimum absolute atomic E-state index is 0.197. The van der Waals surface area contributed by atoms with E-state index >= 15 is 0 Å². The van der Waals surface area contributed by atoms with Gasteiger partial charge in [0.05, 0.1) is 0 Å². The Morgan fingerprint density at radius 3 is 3.05 bits per heavy atom. The second-order valence-corrected chi connectivity index (χ2v) is 5.12. The minimum atomic E-state index is -0.283. The van der Waals surface area contributed by atoms with Crippen LogP contribution in [0, 0.1) is 5.82 Å². The first-order chi connectivity index (χ1) is 9.69. The van der Waals surface area contributed by atoms with Gasteiger partial charge in [-0.05, 0) is 43.6 Å². The molecular formula is C15H22FN3O. The predicted molar refractivity (Wildman–Crippen MR) is 76.9 cm³/mol. The normalized spacial score (nSPS) is 19.0. The number of likely N-dealkylation sites (tertiary alicyclic amines) is 1. The second kappa shape index (κ2) is 7.24. The zero-order chi connectivity index (χ0) is 14.4. The van der Waals surface area contributed by atoms with Gasteiger partial charge < -0.3 is 10.6 Å². The number of urea groups is 1. The summed E-state index contributed by atoms with van der Waals surface area (Å²) in [5.41, 5.74) is 0.760. The summed E-state index contributed by atoms with van der Waals surface area (Å²) in [6.45, 7) is 5.29. The van der Waals surface area contributed by atoms with E-state index in [0.29, 0.717) is 19.1 Å². The number of carbonyl (C=O) groups is 1. The molecule has 2 amide bonds. The molecule has 5 heteroatoms. The Hall–Kier alpha value is -1.62. The van der Waals surface area contributed by atoms with Crippen molar-refractivity contribution in [3.63, 3.8) is 0 Å². The smallest absolute Gasteiger partial charge is 0.315 e. The van der Waals surface area contributed by atoms with E-state index in [1.165, 1.54) is 18.6 Å². The molecule has 1 aromatic carbocycles. The van der Waals surface area contributed by atoms with E-state index < -0.39 is 0 Å². The van der Waals surface area contributed by atoms with Gasteiger partial charge in [0, 0.05) is 19.1 Å². The summed E-state index contributed by atoms with van der Waals surface area (Å²) in [5, 5.41) is 5.64. The zero-order valence-electron chi connectivity index (χ0n) is 11.9. The average molecular weight is 279 g/mol. The number of likely N-dealkylation sites (N-methyl/N-ethyl adjacent to an activating group) is 1. The fourth-order valence-corrected chi connectivity index (χ4v) is 2.64. The first kappa shape index (κ1) is 14.8. The third-order valence-corrected chi connectivity index (χ3v) is 3.75. The molecular weight excluding hydrogens is 257 g/mol. The van der Waals surface area contributed by atoms with E-state index in [9.17, 15) is 9.18 Å². The fourth-order valence-electron chi connectivity index (χ4n) is 2.64. The summed E-state index contributed by atoms with van der Waals surface area (Å²) >= 11 is 0. The van der Waals surface area contributed by atoms with Gasteiger partial charge in [-0.15, -0.1) is 0 Å². The van der Waals surface area contributed by atoms with Gasteiger partial charge in [-0.1, -0.05) is 19.1 Å². The molecule has 110 valence electrons. The molecule has 1 aliphatic heterocycles. The number of nitrogens with zero attached hydrogens (tertiary/aromatic N) is 1. The van der Waals surface area contributed by atoms with Gasteiger partial charge in [0.15, 0.2) is 0 Å². The van der Waals surface area contributed by atoms with Gasteiger partial charge in [0.1, 0.15) is 5.82 Å². The molecule has 0 aliphatic carbocycles. The molecule has 1 heterocycles. The van der Waals surface area contributed by atoms with Gasteiger partial charge in [0.25, 0.3) is 0 Å². The molecule has 1 atom stereocenters. The molecule has 20 heavy (non-hydrogen) atoms. The van der Waals surface area contributed by atoms with Gasteiger partial charge in [0.2, 0.25) is 0 Å². The van der Waals surface area contributed by atoms with Crippen molar-refractivity contribution >= 4 is 6.03 Å². The number of benzene rings is 1. The Bertz CT molecular complexity index is 452. The van der Waals surface area contributed by atoms with Crippen molar-refractivity contribution in [2.45, 2.75) is 32.4 Å². The Morgan fingerprint density at radius 2 is 2.30 bits per heavy atom. The van der Waals surface area contributed by atoms with E-state index in [0.717, 1.165) is 25.1 Å². The molecule has 0 spiro atoms. The molecule has 1 unspecified atom stereocenters. The summed E-state index contributed by atoms with van der Waals surface area (Å²) in [4.78, 5) is 14.1. The van der Waals surface area contributed by atoms with Crippen LogP contribution in [-0.4, -0.2) is 36.6 Å². The van der Waals surface area contributed by atoms with Gasteiger partial charge >= 0.3 is 6.03 Å². The molecule has 1 saturated heterocycles. The molecule has 0 aromatic heterocycles. The number of nitrogens with one attached hydrogen (secondary N) is 2. The van der Waals surface area contributed by atoms with Gasteiger partial charge in [-0.2, -0.15) is 0 Å². The Balaban J connectivity index is 1.70. The summed E-state index contributed by atoms with van der Waals surface area (Å²) in [5.74, 6) is -0.283. The van der Waals surface area contributed by atoms with Crippen LogP contribution in [-0.2, 0) is 6.54 Å². The first-order valence-electron chi connectivity index (χ1n) is 7.19. The van der Waals surface area contributed by atoms with Crippen molar-refractivity contribution in [1.82, 2.24) is 15.5 Å². The second-order valence-electron chi connectivity index (χ2n) is 5.12. The van der Waals surface area contributed by atoms with Crippen molar-refractivity contribution in [3.05, 3.63) is 35.6 Å². The molecule has 4 nitrogen and oxygen atoms in total. The number of hydrogen-bond acceptors (Lipinski definition) is 2. The van der Waals surface area contributed by atoms with E-state index in [2.05, 4.69) is 22.5 Å². The highest BCUT2D eigenvalue weighted by atomic mass is 19.1. The molecule has 2 N–H and O–H groups in total. The molecule has 1 aliphatic rings. The Kier molecular flexibility index (Phi) is 5.35. The lowest BCUT2D eigenvalue weighted by atomic mass is 10.2. The van der Waals surface area contributed by atoms with E-state index in [1.54, 1.807) is 12.1 Å². The SMILES string of the molecule is CCN1CCCC1CNC(=O)NCc1cccc(F)c1. The van der Waals surface area contributed by atoms with Crippen LogP contribution in [0.2, 0.25) is 0 Å². The van der Waals surface area contributed by atoms with Gasteiger partial charge in [-0.25, -0.2) is 9.18 Å². The molecule has 0 saturated carbocycles. The molecule has 0 bridgehead atoms. The van der Waals surface area contributed by atoms with Gasteiger partial charge in [-0.3, -0.25) is 4.90 Å². The highest BCUT2D eigenvalue weighted by Crippen LogP contribution is 2.15. The van der Waals surface area contributed by atoms with Crippen molar-refractivity contribution in [2.24, 2.45) is 0 Å². The van der Waals surface area contributed by atoms with Crippen LogP contribution in [0.1, 0.15) is 25.3 Å². The number of carbonyl (C=O) groups excluding carboxylic acids is 1. The van der Waals surface area contributed by atoms with Crippen LogP contribution in [0.25, 0.3) is 0 Å². The number of hydrogen-bond donors (Lipinski definition) is 2. The summed E-state index contributed by atoms with van der Waals surface area (Å²) in [6, 6.07) is 6.50. The highest BCUT2D eigenvalue weighted by Gasteiger charge is 2.22. The van der Waals surface area contributed by atoms with Crippen LogP contribution in [0.4, 0.5) is 9.18 Å². The molecule has 2 rings (SSSR count). The maximum atomic E-state index is 13.0.